The third kappa shape index (κ3) is 3.54. The number of carbonyl (C=O) groups excluding carboxylic acids is 1. The average molecular weight is 524 g/mol. The summed E-state index contributed by atoms with van der Waals surface area (Å²) in [5.74, 6) is -1.03. The van der Waals surface area contributed by atoms with Crippen molar-refractivity contribution in [3.8, 4) is 11.5 Å². The Labute approximate surface area is 202 Å². The number of ether oxygens (including phenoxy) is 1. The zero-order valence-corrected chi connectivity index (χ0v) is 19.8. The van der Waals surface area contributed by atoms with E-state index in [1.165, 1.54) is 24.1 Å². The number of aryl methyl sites for hydroxylation is 1. The monoisotopic (exact) mass is 523 g/mol. The van der Waals surface area contributed by atoms with Crippen LogP contribution in [0.15, 0.2) is 68.3 Å². The lowest BCUT2D eigenvalue weighted by Gasteiger charge is -2.26. The fraction of sp³-hybridized carbons (Fsp3) is 0.154. The number of phenolic OH excluding ortho intramolecular Hbond substituents is 1. The van der Waals surface area contributed by atoms with Crippen molar-refractivity contribution in [2.45, 2.75) is 19.5 Å². The van der Waals surface area contributed by atoms with Crippen LogP contribution in [0, 0.1) is 12.7 Å². The number of methoxy groups -OCH3 is 1. The van der Waals surface area contributed by atoms with Gasteiger partial charge in [0.25, 0.3) is 5.91 Å². The first-order chi connectivity index (χ1) is 16.3. The SMILES string of the molecule is COc1cc([C@H]2c3c(oc4ccc(F)cc4c3=O)C(=O)N2Cc2ccc(C)cc2)cc(Br)c1O. The Kier molecular flexibility index (Phi) is 5.40. The second-order valence-corrected chi connectivity index (χ2v) is 9.04. The van der Waals surface area contributed by atoms with Crippen LogP contribution in [0.1, 0.15) is 38.9 Å². The fourth-order valence-electron chi connectivity index (χ4n) is 4.30. The first-order valence-corrected chi connectivity index (χ1v) is 11.3. The Hall–Kier alpha value is -3.65. The summed E-state index contributed by atoms with van der Waals surface area (Å²) >= 11 is 3.32. The van der Waals surface area contributed by atoms with Crippen molar-refractivity contribution in [2.75, 3.05) is 7.11 Å². The molecular weight excluding hydrogens is 505 g/mol. The molecule has 0 bridgehead atoms. The quantitative estimate of drug-likeness (QED) is 0.384. The second kappa shape index (κ2) is 8.29. The van der Waals surface area contributed by atoms with Crippen LogP contribution in [0.25, 0.3) is 11.0 Å². The Morgan fingerprint density at radius 3 is 2.56 bits per heavy atom. The lowest BCUT2D eigenvalue weighted by Crippen LogP contribution is -2.29. The zero-order valence-electron chi connectivity index (χ0n) is 18.3. The molecular formula is C26H19BrFNO5. The molecule has 8 heteroatoms. The summed E-state index contributed by atoms with van der Waals surface area (Å²) in [6, 6.07) is 13.7. The highest BCUT2D eigenvalue weighted by atomic mass is 79.9. The van der Waals surface area contributed by atoms with Gasteiger partial charge in [-0.05, 0) is 64.3 Å². The van der Waals surface area contributed by atoms with Crippen LogP contribution in [0.2, 0.25) is 0 Å². The van der Waals surface area contributed by atoms with Crippen LogP contribution in [0.5, 0.6) is 11.5 Å². The number of amides is 1. The van der Waals surface area contributed by atoms with Gasteiger partial charge >= 0.3 is 0 Å². The molecule has 1 amide bonds. The molecule has 0 aliphatic carbocycles. The first-order valence-electron chi connectivity index (χ1n) is 10.5. The average Bonchev–Trinajstić information content (AvgIpc) is 3.09. The van der Waals surface area contributed by atoms with E-state index in [1.807, 2.05) is 31.2 Å². The molecule has 5 rings (SSSR count). The van der Waals surface area contributed by atoms with Gasteiger partial charge in [-0.1, -0.05) is 29.8 Å². The molecule has 0 radical (unpaired) electrons. The van der Waals surface area contributed by atoms with E-state index >= 15 is 0 Å². The Morgan fingerprint density at radius 2 is 1.85 bits per heavy atom. The van der Waals surface area contributed by atoms with Crippen LogP contribution < -0.4 is 10.2 Å². The van der Waals surface area contributed by atoms with Crippen molar-refractivity contribution in [1.82, 2.24) is 4.90 Å². The summed E-state index contributed by atoms with van der Waals surface area (Å²) in [4.78, 5) is 28.6. The van der Waals surface area contributed by atoms with E-state index in [-0.39, 0.29) is 40.3 Å². The maximum absolute atomic E-state index is 13.9. The number of fused-ring (bicyclic) bond motifs is 2. The highest BCUT2D eigenvalue weighted by Crippen LogP contribution is 2.44. The normalized spacial score (nSPS) is 15.1. The van der Waals surface area contributed by atoms with Gasteiger partial charge in [-0.3, -0.25) is 9.59 Å². The molecule has 0 saturated carbocycles. The smallest absolute Gasteiger partial charge is 0.291 e. The highest BCUT2D eigenvalue weighted by Gasteiger charge is 2.43. The molecule has 172 valence electrons. The summed E-state index contributed by atoms with van der Waals surface area (Å²) in [5, 5.41) is 10.3. The largest absolute Gasteiger partial charge is 0.503 e. The van der Waals surface area contributed by atoms with Crippen molar-refractivity contribution in [3.63, 3.8) is 0 Å². The van der Waals surface area contributed by atoms with E-state index in [0.29, 0.717) is 10.0 Å². The van der Waals surface area contributed by atoms with Gasteiger partial charge in [-0.15, -0.1) is 0 Å². The Bertz CT molecular complexity index is 1510. The first kappa shape index (κ1) is 22.2. The second-order valence-electron chi connectivity index (χ2n) is 8.19. The molecule has 0 unspecified atom stereocenters. The van der Waals surface area contributed by atoms with E-state index in [1.54, 1.807) is 12.1 Å². The maximum atomic E-state index is 13.9. The molecule has 0 spiro atoms. The molecule has 1 aliphatic heterocycles. The van der Waals surface area contributed by atoms with Gasteiger partial charge in [-0.25, -0.2) is 4.39 Å². The topological polar surface area (TPSA) is 80.0 Å². The minimum atomic E-state index is -0.835. The summed E-state index contributed by atoms with van der Waals surface area (Å²) in [6.07, 6.45) is 0. The van der Waals surface area contributed by atoms with E-state index in [2.05, 4.69) is 15.9 Å². The van der Waals surface area contributed by atoms with Crippen molar-refractivity contribution in [1.29, 1.82) is 0 Å². The number of carbonyl (C=O) groups is 1. The fourth-order valence-corrected chi connectivity index (χ4v) is 4.76. The molecule has 1 aromatic heterocycles. The zero-order chi connectivity index (χ0) is 24.1. The standard InChI is InChI=1S/C26H19BrFNO5/c1-13-3-5-14(6-4-13)12-29-22(15-9-18(27)24(31)20(10-15)33-2)21-23(30)17-11-16(28)7-8-19(17)34-25(21)26(29)32/h3-11,22,31H,12H2,1-2H3/t22-/m0/s1. The lowest BCUT2D eigenvalue weighted by molar-refractivity contribution is 0.0714. The summed E-state index contributed by atoms with van der Waals surface area (Å²) in [6.45, 7) is 2.18. The number of aromatic hydroxyl groups is 1. The van der Waals surface area contributed by atoms with Gasteiger partial charge < -0.3 is 19.2 Å². The van der Waals surface area contributed by atoms with Gasteiger partial charge in [0, 0.05) is 6.54 Å². The van der Waals surface area contributed by atoms with Crippen LogP contribution in [0.3, 0.4) is 0 Å². The number of phenols is 1. The summed E-state index contributed by atoms with van der Waals surface area (Å²) in [5.41, 5.74) is 2.25. The molecule has 4 aromatic rings. The van der Waals surface area contributed by atoms with Gasteiger partial charge in [0.05, 0.1) is 28.6 Å². The third-order valence-electron chi connectivity index (χ3n) is 5.99. The Balaban J connectivity index is 1.76. The summed E-state index contributed by atoms with van der Waals surface area (Å²) < 4.78 is 25.4. The molecule has 6 nitrogen and oxygen atoms in total. The summed E-state index contributed by atoms with van der Waals surface area (Å²) in [7, 11) is 1.41. The van der Waals surface area contributed by atoms with E-state index in [4.69, 9.17) is 9.15 Å². The molecule has 2 heterocycles. The number of rotatable bonds is 4. The van der Waals surface area contributed by atoms with E-state index in [0.717, 1.165) is 17.2 Å². The van der Waals surface area contributed by atoms with Crippen LogP contribution in [-0.4, -0.2) is 23.0 Å². The lowest BCUT2D eigenvalue weighted by atomic mass is 9.97. The maximum Gasteiger partial charge on any atom is 0.291 e. The van der Waals surface area contributed by atoms with Crippen molar-refractivity contribution >= 4 is 32.8 Å². The minimum Gasteiger partial charge on any atom is -0.503 e. The number of benzene rings is 3. The number of hydrogen-bond donors (Lipinski definition) is 1. The minimum absolute atomic E-state index is 0.0542. The van der Waals surface area contributed by atoms with E-state index < -0.39 is 23.2 Å². The van der Waals surface area contributed by atoms with Crippen molar-refractivity contribution < 1.29 is 23.4 Å². The van der Waals surface area contributed by atoms with Crippen molar-refractivity contribution in [2.24, 2.45) is 0 Å². The molecule has 1 aliphatic rings. The van der Waals surface area contributed by atoms with E-state index in [9.17, 15) is 19.1 Å². The van der Waals surface area contributed by atoms with Crippen LogP contribution >= 0.6 is 15.9 Å². The molecule has 34 heavy (non-hydrogen) atoms. The van der Waals surface area contributed by atoms with Gasteiger partial charge in [0.2, 0.25) is 5.76 Å². The molecule has 3 aromatic carbocycles. The van der Waals surface area contributed by atoms with Crippen LogP contribution in [0.4, 0.5) is 4.39 Å². The number of nitrogens with zero attached hydrogens (tertiary/aromatic N) is 1. The molecule has 1 atom stereocenters. The Morgan fingerprint density at radius 1 is 1.12 bits per heavy atom. The molecule has 0 saturated heterocycles. The van der Waals surface area contributed by atoms with Gasteiger partial charge in [0.1, 0.15) is 11.4 Å². The molecule has 0 fully saturated rings. The predicted molar refractivity (Wildman–Crippen MR) is 128 cm³/mol. The number of halogens is 2. The number of hydrogen-bond acceptors (Lipinski definition) is 5. The predicted octanol–water partition coefficient (Wildman–Crippen LogP) is 5.46. The van der Waals surface area contributed by atoms with Crippen molar-refractivity contribution in [3.05, 3.63) is 103 Å². The molecule has 1 N–H and O–H groups in total. The van der Waals surface area contributed by atoms with Crippen LogP contribution in [-0.2, 0) is 6.54 Å². The van der Waals surface area contributed by atoms with Gasteiger partial charge in [0.15, 0.2) is 16.9 Å². The third-order valence-corrected chi connectivity index (χ3v) is 6.59. The van der Waals surface area contributed by atoms with Gasteiger partial charge in [-0.2, -0.15) is 0 Å². The highest BCUT2D eigenvalue weighted by molar-refractivity contribution is 9.10.